The standard InChI is InChI=1S/C30H32O4P2/c1-31-23-15-17-27(33-3)29(21-23)35(25-11-7-5-8-12-25)19-20-36(26-13-9-6-10-14-26)30-22-24(32-2)16-18-28(30)34-4/h5-18,21-22H,19-20H2,1-4H3/t35-,36-/m1/s1. The van der Waals surface area contributed by atoms with E-state index in [1.807, 2.05) is 24.3 Å². The van der Waals surface area contributed by atoms with Crippen LogP contribution in [-0.2, 0) is 0 Å². The fraction of sp³-hybridized carbons (Fsp3) is 0.200. The molecule has 0 unspecified atom stereocenters. The van der Waals surface area contributed by atoms with Gasteiger partial charge in [-0.3, -0.25) is 0 Å². The van der Waals surface area contributed by atoms with Gasteiger partial charge in [0.15, 0.2) is 0 Å². The zero-order valence-corrected chi connectivity index (χ0v) is 23.0. The van der Waals surface area contributed by atoms with Crippen LogP contribution in [0.3, 0.4) is 0 Å². The summed E-state index contributed by atoms with van der Waals surface area (Å²) in [5.74, 6) is 3.48. The van der Waals surface area contributed by atoms with Crippen LogP contribution in [0.5, 0.6) is 23.0 Å². The first-order valence-corrected chi connectivity index (χ1v) is 14.8. The molecule has 0 aliphatic carbocycles. The van der Waals surface area contributed by atoms with Gasteiger partial charge in [0.2, 0.25) is 0 Å². The lowest BCUT2D eigenvalue weighted by Gasteiger charge is -2.26. The average molecular weight is 519 g/mol. The van der Waals surface area contributed by atoms with E-state index in [-0.39, 0.29) is 0 Å². The largest absolute Gasteiger partial charge is 0.497 e. The number of hydrogen-bond acceptors (Lipinski definition) is 4. The zero-order valence-electron chi connectivity index (χ0n) is 21.2. The van der Waals surface area contributed by atoms with Gasteiger partial charge in [-0.05, 0) is 75.2 Å². The maximum absolute atomic E-state index is 5.82. The highest BCUT2D eigenvalue weighted by Crippen LogP contribution is 2.45. The third-order valence-electron chi connectivity index (χ3n) is 6.04. The Hall–Kier alpha value is -3.06. The fourth-order valence-corrected chi connectivity index (χ4v) is 9.86. The second-order valence-electron chi connectivity index (χ2n) is 8.05. The molecule has 0 N–H and O–H groups in total. The molecule has 0 aliphatic heterocycles. The van der Waals surface area contributed by atoms with Gasteiger partial charge in [0.1, 0.15) is 23.0 Å². The van der Waals surface area contributed by atoms with Gasteiger partial charge in [-0.15, -0.1) is 0 Å². The smallest absolute Gasteiger partial charge is 0.127 e. The highest BCUT2D eigenvalue weighted by atomic mass is 31.1. The lowest BCUT2D eigenvalue weighted by Crippen LogP contribution is -2.21. The Morgan fingerprint density at radius 1 is 0.472 bits per heavy atom. The summed E-state index contributed by atoms with van der Waals surface area (Å²) < 4.78 is 22.8. The molecule has 0 radical (unpaired) electrons. The van der Waals surface area contributed by atoms with Crippen molar-refractivity contribution < 1.29 is 18.9 Å². The normalized spacial score (nSPS) is 12.4. The maximum atomic E-state index is 5.82. The van der Waals surface area contributed by atoms with Crippen LogP contribution in [0.1, 0.15) is 0 Å². The van der Waals surface area contributed by atoms with E-state index in [1.54, 1.807) is 28.4 Å². The Morgan fingerprint density at radius 2 is 0.861 bits per heavy atom. The Balaban J connectivity index is 1.78. The van der Waals surface area contributed by atoms with Gasteiger partial charge in [0.05, 0.1) is 28.4 Å². The molecule has 0 saturated carbocycles. The highest BCUT2D eigenvalue weighted by molar-refractivity contribution is 7.76. The first kappa shape index (κ1) is 26.0. The molecule has 0 bridgehead atoms. The first-order chi connectivity index (χ1) is 17.7. The van der Waals surface area contributed by atoms with Crippen LogP contribution in [0.2, 0.25) is 0 Å². The second kappa shape index (κ2) is 12.8. The van der Waals surface area contributed by atoms with E-state index in [4.69, 9.17) is 18.9 Å². The Kier molecular flexibility index (Phi) is 9.23. The monoisotopic (exact) mass is 518 g/mol. The zero-order chi connectivity index (χ0) is 25.3. The molecule has 4 aromatic rings. The van der Waals surface area contributed by atoms with Gasteiger partial charge < -0.3 is 18.9 Å². The van der Waals surface area contributed by atoms with Gasteiger partial charge >= 0.3 is 0 Å². The van der Waals surface area contributed by atoms with E-state index in [2.05, 4.69) is 72.8 Å². The van der Waals surface area contributed by atoms with E-state index in [1.165, 1.54) is 21.2 Å². The van der Waals surface area contributed by atoms with E-state index in [9.17, 15) is 0 Å². The molecule has 0 saturated heterocycles. The minimum absolute atomic E-state index is 0.699. The molecule has 6 heteroatoms. The molecule has 0 aromatic heterocycles. The van der Waals surface area contributed by atoms with Crippen LogP contribution in [0, 0.1) is 0 Å². The Labute approximate surface area is 216 Å². The molecule has 0 aliphatic rings. The summed E-state index contributed by atoms with van der Waals surface area (Å²) >= 11 is 0. The van der Waals surface area contributed by atoms with Crippen molar-refractivity contribution in [1.29, 1.82) is 0 Å². The van der Waals surface area contributed by atoms with Crippen LogP contribution in [0.4, 0.5) is 0 Å². The number of benzene rings is 4. The molecule has 4 nitrogen and oxygen atoms in total. The van der Waals surface area contributed by atoms with Gasteiger partial charge in [-0.1, -0.05) is 60.7 Å². The third kappa shape index (κ3) is 6.01. The van der Waals surface area contributed by atoms with Crippen LogP contribution in [0.15, 0.2) is 97.1 Å². The van der Waals surface area contributed by atoms with Gasteiger partial charge in [-0.2, -0.15) is 0 Å². The summed E-state index contributed by atoms with van der Waals surface area (Å²) in [6.45, 7) is 0. The predicted octanol–water partition coefficient (Wildman–Crippen LogP) is 5.29. The summed E-state index contributed by atoms with van der Waals surface area (Å²) in [4.78, 5) is 0. The third-order valence-corrected chi connectivity index (χ3v) is 11.4. The topological polar surface area (TPSA) is 36.9 Å². The summed E-state index contributed by atoms with van der Waals surface area (Å²) in [6, 6.07) is 33.7. The van der Waals surface area contributed by atoms with Crippen molar-refractivity contribution in [3.8, 4) is 23.0 Å². The molecule has 4 rings (SSSR count). The highest BCUT2D eigenvalue weighted by Gasteiger charge is 2.24. The Bertz CT molecular complexity index is 1150. The maximum Gasteiger partial charge on any atom is 0.127 e. The summed E-state index contributed by atoms with van der Waals surface area (Å²) in [6.07, 6.45) is 1.98. The van der Waals surface area contributed by atoms with E-state index in [0.717, 1.165) is 35.3 Å². The number of rotatable bonds is 11. The molecule has 2 atom stereocenters. The molecule has 4 aromatic carbocycles. The van der Waals surface area contributed by atoms with Crippen molar-refractivity contribution in [3.05, 3.63) is 97.1 Å². The minimum Gasteiger partial charge on any atom is -0.497 e. The molecular formula is C30H32O4P2. The van der Waals surface area contributed by atoms with Crippen LogP contribution in [0.25, 0.3) is 0 Å². The van der Waals surface area contributed by atoms with Crippen molar-refractivity contribution in [1.82, 2.24) is 0 Å². The van der Waals surface area contributed by atoms with Crippen molar-refractivity contribution in [2.24, 2.45) is 0 Å². The SMILES string of the molecule is COc1ccc(OC)c([P@](CC[P@](c2ccccc2)c2cc(OC)ccc2OC)c2ccccc2)c1. The van der Waals surface area contributed by atoms with Crippen molar-refractivity contribution in [2.45, 2.75) is 0 Å². The predicted molar refractivity (Wildman–Crippen MR) is 154 cm³/mol. The van der Waals surface area contributed by atoms with Crippen molar-refractivity contribution in [3.63, 3.8) is 0 Å². The molecule has 0 fully saturated rings. The van der Waals surface area contributed by atoms with Gasteiger partial charge in [0.25, 0.3) is 0 Å². The summed E-state index contributed by atoms with van der Waals surface area (Å²) in [5.41, 5.74) is 0. The number of hydrogen-bond donors (Lipinski definition) is 0. The van der Waals surface area contributed by atoms with E-state index >= 15 is 0 Å². The van der Waals surface area contributed by atoms with Gasteiger partial charge in [-0.25, -0.2) is 0 Å². The Morgan fingerprint density at radius 3 is 1.19 bits per heavy atom. The lowest BCUT2D eigenvalue weighted by molar-refractivity contribution is 0.406. The molecule has 186 valence electrons. The van der Waals surface area contributed by atoms with Crippen LogP contribution >= 0.6 is 15.8 Å². The van der Waals surface area contributed by atoms with Crippen molar-refractivity contribution in [2.75, 3.05) is 40.8 Å². The minimum atomic E-state index is -0.699. The van der Waals surface area contributed by atoms with Gasteiger partial charge in [0, 0.05) is 10.6 Å². The molecule has 0 amide bonds. The van der Waals surface area contributed by atoms with Crippen LogP contribution in [-0.4, -0.2) is 40.8 Å². The van der Waals surface area contributed by atoms with Crippen molar-refractivity contribution >= 4 is 37.1 Å². The number of ether oxygens (including phenoxy) is 4. The summed E-state index contributed by atoms with van der Waals surface area (Å²) in [5, 5.41) is 5.02. The molecule has 36 heavy (non-hydrogen) atoms. The second-order valence-corrected chi connectivity index (χ2v) is 12.7. The van der Waals surface area contributed by atoms with Crippen LogP contribution < -0.4 is 40.2 Å². The molecular weight excluding hydrogens is 486 g/mol. The number of methoxy groups -OCH3 is 4. The molecule has 0 spiro atoms. The summed E-state index contributed by atoms with van der Waals surface area (Å²) in [7, 11) is 5.50. The first-order valence-electron chi connectivity index (χ1n) is 11.8. The quantitative estimate of drug-likeness (QED) is 0.253. The fourth-order valence-electron chi connectivity index (χ4n) is 4.21. The van der Waals surface area contributed by atoms with E-state index in [0.29, 0.717) is 0 Å². The molecule has 0 heterocycles. The van der Waals surface area contributed by atoms with E-state index < -0.39 is 15.8 Å². The average Bonchev–Trinajstić information content (AvgIpc) is 2.95. The lowest BCUT2D eigenvalue weighted by atomic mass is 10.3.